The van der Waals surface area contributed by atoms with E-state index in [1.54, 1.807) is 13.8 Å². The van der Waals surface area contributed by atoms with E-state index < -0.39 is 29.9 Å². The fourth-order valence-electron chi connectivity index (χ4n) is 15.1. The summed E-state index contributed by atoms with van der Waals surface area (Å²) < 4.78 is 25.9. The maximum atomic E-state index is 12.6. The van der Waals surface area contributed by atoms with Crippen LogP contribution in [0.15, 0.2) is 0 Å². The van der Waals surface area contributed by atoms with Crippen LogP contribution in [0.1, 0.15) is 132 Å². The lowest BCUT2D eigenvalue weighted by molar-refractivity contribution is -0.251. The van der Waals surface area contributed by atoms with Crippen molar-refractivity contribution in [3.63, 3.8) is 0 Å². The monoisotopic (exact) mass is 685 g/mol. The van der Waals surface area contributed by atoms with Crippen molar-refractivity contribution in [1.29, 1.82) is 0 Å². The topological polar surface area (TPSA) is 97.7 Å². The molecule has 8 nitrogen and oxygen atoms in total. The second kappa shape index (κ2) is 11.6. The van der Waals surface area contributed by atoms with Crippen molar-refractivity contribution >= 4 is 5.97 Å². The molecule has 14 atom stereocenters. The summed E-state index contributed by atoms with van der Waals surface area (Å²) in [5, 5.41) is 23.7. The predicted molar refractivity (Wildman–Crippen MR) is 186 cm³/mol. The molecule has 0 aromatic heterocycles. The minimum Gasteiger partial charge on any atom is -0.457 e. The third kappa shape index (κ3) is 4.91. The summed E-state index contributed by atoms with van der Waals surface area (Å²) in [6.07, 6.45) is 12.3. The van der Waals surface area contributed by atoms with Gasteiger partial charge in [-0.25, -0.2) is 0 Å². The number of aliphatic hydroxyl groups excluding tert-OH is 1. The zero-order chi connectivity index (χ0) is 34.9. The minimum atomic E-state index is -1.25. The van der Waals surface area contributed by atoms with E-state index in [4.69, 9.17) is 18.9 Å². The van der Waals surface area contributed by atoms with Crippen LogP contribution in [0.3, 0.4) is 0 Å². The van der Waals surface area contributed by atoms with Gasteiger partial charge in [0.05, 0.1) is 36.6 Å². The predicted octanol–water partition coefficient (Wildman–Crippen LogP) is 6.49. The number of aliphatic hydroxyl groups is 2. The molecule has 8 rings (SSSR count). The van der Waals surface area contributed by atoms with Crippen molar-refractivity contribution in [1.82, 2.24) is 4.90 Å². The molecule has 0 radical (unpaired) electrons. The number of carbonyl (C=O) groups excluding carboxylic acids is 1. The number of carbonyl (C=O) groups is 1. The Morgan fingerprint density at radius 2 is 1.67 bits per heavy atom. The molecule has 2 N–H and O–H groups in total. The largest absolute Gasteiger partial charge is 0.457 e. The van der Waals surface area contributed by atoms with Crippen LogP contribution in [0.5, 0.6) is 0 Å². The van der Waals surface area contributed by atoms with Gasteiger partial charge in [0, 0.05) is 31.5 Å². The Balaban J connectivity index is 1.02. The molecule has 6 saturated carbocycles. The molecule has 0 amide bonds. The number of fused-ring (bicyclic) bond motifs is 4. The number of hydrogen-bond acceptors (Lipinski definition) is 8. The van der Waals surface area contributed by atoms with Gasteiger partial charge in [0.1, 0.15) is 0 Å². The van der Waals surface area contributed by atoms with Gasteiger partial charge in [-0.05, 0) is 123 Å². The average molecular weight is 686 g/mol. The lowest BCUT2D eigenvalue weighted by atomic mass is 9.41. The van der Waals surface area contributed by atoms with Gasteiger partial charge < -0.3 is 29.2 Å². The quantitative estimate of drug-likeness (QED) is 0.307. The SMILES string of the molecule is CC(=O)O[C@@H]([C@H]1C[C@@H](C)[C@H]2[C@H](O1)[C@H](O)[C@@]1(C)[C@@H]3CC[C@H]4C(C)(C)[C@@H](O[C@H]5CN(C6CCCC6)CCO5)CC[C@@]45C[C@@]35CC[C@]21C)C(C)(C)O. The molecule has 8 heteroatoms. The van der Waals surface area contributed by atoms with Crippen LogP contribution < -0.4 is 0 Å². The minimum absolute atomic E-state index is 0.0426. The highest BCUT2D eigenvalue weighted by Crippen LogP contribution is 2.89. The molecule has 49 heavy (non-hydrogen) atoms. The average Bonchev–Trinajstić information content (AvgIpc) is 3.29. The second-order valence-corrected chi connectivity index (χ2v) is 20.1. The van der Waals surface area contributed by atoms with Crippen molar-refractivity contribution < 1.29 is 34.0 Å². The Morgan fingerprint density at radius 1 is 0.980 bits per heavy atom. The van der Waals surface area contributed by atoms with E-state index in [1.165, 1.54) is 58.3 Å². The van der Waals surface area contributed by atoms with E-state index >= 15 is 0 Å². The molecule has 2 heterocycles. The van der Waals surface area contributed by atoms with Crippen molar-refractivity contribution in [2.75, 3.05) is 19.7 Å². The third-order valence-electron chi connectivity index (χ3n) is 17.3. The summed E-state index contributed by atoms with van der Waals surface area (Å²) in [4.78, 5) is 14.8. The lowest BCUT2D eigenvalue weighted by Crippen LogP contribution is -2.60. The van der Waals surface area contributed by atoms with Crippen LogP contribution in [-0.2, 0) is 23.7 Å². The molecule has 0 aromatic rings. The first kappa shape index (κ1) is 35.3. The Bertz CT molecular complexity index is 1290. The number of rotatable bonds is 6. The highest BCUT2D eigenvalue weighted by atomic mass is 16.7. The summed E-state index contributed by atoms with van der Waals surface area (Å²) in [5.41, 5.74) is -0.874. The van der Waals surface area contributed by atoms with Gasteiger partial charge in [0.15, 0.2) is 12.4 Å². The van der Waals surface area contributed by atoms with Gasteiger partial charge in [-0.3, -0.25) is 9.69 Å². The van der Waals surface area contributed by atoms with Gasteiger partial charge in [-0.15, -0.1) is 0 Å². The van der Waals surface area contributed by atoms with E-state index in [2.05, 4.69) is 39.5 Å². The molecule has 2 spiro atoms. The first-order chi connectivity index (χ1) is 23.0. The van der Waals surface area contributed by atoms with Crippen LogP contribution in [0.2, 0.25) is 0 Å². The zero-order valence-corrected chi connectivity index (χ0v) is 31.8. The zero-order valence-electron chi connectivity index (χ0n) is 31.8. The van der Waals surface area contributed by atoms with Gasteiger partial charge in [0.25, 0.3) is 0 Å². The molecule has 8 aliphatic rings. The van der Waals surface area contributed by atoms with Crippen molar-refractivity contribution in [2.24, 2.45) is 50.7 Å². The van der Waals surface area contributed by atoms with Crippen molar-refractivity contribution in [2.45, 2.75) is 181 Å². The standard InChI is InChI=1S/C41H67NO7/c1-24-21-27(35(37(5,6)45)47-25(2)43)48-33-32(24)38(7)17-18-41-23-40(41)16-15-30(49-31-22-42(19-20-46-31)26-11-9-10-12-26)36(3,4)28(40)13-14-29(41)39(38,8)34(33)44/h24,26-35,44-45H,9-23H2,1-8H3/t24-,27-,28+,29+,30+,31+,32+,33+,34+,35+,38-,39-,40-,41+/m1/s1. The molecule has 0 unspecified atom stereocenters. The molecule has 2 aliphatic heterocycles. The van der Waals surface area contributed by atoms with E-state index in [9.17, 15) is 15.0 Å². The lowest BCUT2D eigenvalue weighted by Gasteiger charge is -2.64. The maximum absolute atomic E-state index is 12.6. The van der Waals surface area contributed by atoms with Gasteiger partial charge >= 0.3 is 5.97 Å². The molecule has 6 aliphatic carbocycles. The molecular weight excluding hydrogens is 618 g/mol. The second-order valence-electron chi connectivity index (χ2n) is 20.1. The van der Waals surface area contributed by atoms with Crippen molar-refractivity contribution in [3.8, 4) is 0 Å². The Labute approximate surface area is 295 Å². The molecule has 8 fully saturated rings. The summed E-state index contributed by atoms with van der Waals surface area (Å²) in [7, 11) is 0. The summed E-state index contributed by atoms with van der Waals surface area (Å²) in [6, 6.07) is 0.712. The molecular formula is C41H67NO7. The van der Waals surface area contributed by atoms with Crippen LogP contribution in [-0.4, -0.2) is 89.2 Å². The van der Waals surface area contributed by atoms with E-state index in [-0.39, 0.29) is 52.0 Å². The third-order valence-corrected chi connectivity index (χ3v) is 17.3. The van der Waals surface area contributed by atoms with E-state index in [0.717, 1.165) is 39.0 Å². The van der Waals surface area contributed by atoms with E-state index in [1.807, 2.05) is 0 Å². The smallest absolute Gasteiger partial charge is 0.303 e. The Kier molecular flexibility index (Phi) is 8.36. The Hall–Kier alpha value is -0.770. The number of ether oxygens (including phenoxy) is 4. The number of hydrogen-bond donors (Lipinski definition) is 2. The summed E-state index contributed by atoms with van der Waals surface area (Å²) in [6.45, 7) is 19.7. The normalized spacial score (nSPS) is 51.5. The van der Waals surface area contributed by atoms with Gasteiger partial charge in [-0.2, -0.15) is 0 Å². The highest BCUT2D eigenvalue weighted by Gasteiger charge is 2.84. The highest BCUT2D eigenvalue weighted by molar-refractivity contribution is 5.66. The van der Waals surface area contributed by atoms with Crippen molar-refractivity contribution in [3.05, 3.63) is 0 Å². The van der Waals surface area contributed by atoms with Crippen LogP contribution in [0.4, 0.5) is 0 Å². The maximum Gasteiger partial charge on any atom is 0.303 e. The Morgan fingerprint density at radius 3 is 2.37 bits per heavy atom. The molecule has 2 saturated heterocycles. The first-order valence-corrected chi connectivity index (χ1v) is 20.2. The fourth-order valence-corrected chi connectivity index (χ4v) is 15.1. The molecule has 0 bridgehead atoms. The molecule has 0 aromatic carbocycles. The van der Waals surface area contributed by atoms with Gasteiger partial charge in [-0.1, -0.05) is 47.5 Å². The van der Waals surface area contributed by atoms with E-state index in [0.29, 0.717) is 29.7 Å². The molecule has 278 valence electrons. The van der Waals surface area contributed by atoms with Crippen LogP contribution in [0, 0.1) is 50.7 Å². The summed E-state index contributed by atoms with van der Waals surface area (Å²) in [5.74, 6) is 1.17. The van der Waals surface area contributed by atoms with Crippen LogP contribution in [0.25, 0.3) is 0 Å². The summed E-state index contributed by atoms with van der Waals surface area (Å²) >= 11 is 0. The number of morpholine rings is 1. The number of nitrogens with zero attached hydrogens (tertiary/aromatic N) is 1. The number of esters is 1. The van der Waals surface area contributed by atoms with Crippen LogP contribution >= 0.6 is 0 Å². The van der Waals surface area contributed by atoms with Gasteiger partial charge in [0.2, 0.25) is 0 Å². The fraction of sp³-hybridized carbons (Fsp3) is 0.976. The first-order valence-electron chi connectivity index (χ1n) is 20.2.